The summed E-state index contributed by atoms with van der Waals surface area (Å²) >= 11 is 0. The number of hydrogen-bond donors (Lipinski definition) is 1. The molecule has 0 atom stereocenters. The van der Waals surface area contributed by atoms with Crippen LogP contribution >= 0.6 is 0 Å². The van der Waals surface area contributed by atoms with Gasteiger partial charge in [0.2, 0.25) is 0 Å². The summed E-state index contributed by atoms with van der Waals surface area (Å²) in [5.41, 5.74) is 4.70. The number of rotatable bonds is 0. The van der Waals surface area contributed by atoms with Crippen molar-refractivity contribution >= 4 is 38.6 Å². The lowest BCUT2D eigenvalue weighted by Gasteiger charge is -1.96. The number of fused-ring (bicyclic) bond motifs is 6. The molecule has 4 heteroatoms. The average Bonchev–Trinajstić information content (AvgIpc) is 2.90. The van der Waals surface area contributed by atoms with Crippen LogP contribution in [0.5, 0.6) is 0 Å². The quantitative estimate of drug-likeness (QED) is 0.347. The molecule has 0 bridgehead atoms. The van der Waals surface area contributed by atoms with Gasteiger partial charge in [0.15, 0.2) is 11.0 Å². The zero-order valence-corrected chi connectivity index (χ0v) is 11.1. The maximum absolute atomic E-state index is 4.82. The number of hydrogen-bond acceptors (Lipinski definition) is 2. The smallest absolute Gasteiger partial charge is 0.317 e. The highest BCUT2D eigenvalue weighted by Crippen LogP contribution is 2.21. The molecule has 0 unspecified atom stereocenters. The minimum atomic E-state index is 0.825. The van der Waals surface area contributed by atoms with Crippen molar-refractivity contribution in [3.8, 4) is 0 Å². The van der Waals surface area contributed by atoms with Crippen molar-refractivity contribution in [1.29, 1.82) is 0 Å². The first-order valence-electron chi connectivity index (χ1n) is 6.88. The van der Waals surface area contributed by atoms with Gasteiger partial charge in [-0.15, -0.1) is 0 Å². The second kappa shape index (κ2) is 3.76. The highest BCUT2D eigenvalue weighted by Gasteiger charge is 2.16. The zero-order valence-electron chi connectivity index (χ0n) is 11.1. The van der Waals surface area contributed by atoms with E-state index < -0.39 is 0 Å². The van der Waals surface area contributed by atoms with E-state index >= 15 is 0 Å². The van der Waals surface area contributed by atoms with Crippen molar-refractivity contribution in [2.45, 2.75) is 0 Å². The molecule has 0 aliphatic carbocycles. The third-order valence-corrected chi connectivity index (χ3v) is 3.88. The Hall–Kier alpha value is -3.01. The van der Waals surface area contributed by atoms with Crippen LogP contribution in [0.3, 0.4) is 0 Å². The second-order valence-corrected chi connectivity index (χ2v) is 5.14. The van der Waals surface area contributed by atoms with E-state index in [4.69, 9.17) is 10.1 Å². The standard InChI is InChI=1S/C17H10N4/c1-4-8-14-11(5-1)9-10-15-19-17-16(20-21(14)15)12-6-2-3-7-13(12)18-17/h1-10H/p+1. The normalized spacial score (nSPS) is 11.8. The van der Waals surface area contributed by atoms with Crippen LogP contribution in [0.4, 0.5) is 0 Å². The number of para-hydroxylation sites is 2. The molecule has 4 nitrogen and oxygen atoms in total. The molecular formula is C17H11N4+. The van der Waals surface area contributed by atoms with Crippen molar-refractivity contribution in [3.05, 3.63) is 60.7 Å². The van der Waals surface area contributed by atoms with E-state index in [0.717, 1.165) is 38.6 Å². The Balaban J connectivity index is 2.06. The Morgan fingerprint density at radius 2 is 1.71 bits per heavy atom. The molecule has 0 aliphatic rings. The van der Waals surface area contributed by atoms with E-state index in [1.165, 1.54) is 0 Å². The average molecular weight is 271 g/mol. The maximum atomic E-state index is 4.82. The highest BCUT2D eigenvalue weighted by molar-refractivity contribution is 6.03. The first-order valence-corrected chi connectivity index (χ1v) is 6.88. The predicted molar refractivity (Wildman–Crippen MR) is 82.1 cm³/mol. The van der Waals surface area contributed by atoms with Gasteiger partial charge in [-0.3, -0.25) is 0 Å². The topological polar surface area (TPSA) is 45.7 Å². The fourth-order valence-electron chi connectivity index (χ4n) is 2.88. The Labute approximate surface area is 119 Å². The molecule has 5 rings (SSSR count). The lowest BCUT2D eigenvalue weighted by molar-refractivity contribution is -0.552. The van der Waals surface area contributed by atoms with Crippen molar-refractivity contribution < 1.29 is 4.52 Å². The van der Waals surface area contributed by atoms with E-state index in [9.17, 15) is 0 Å². The number of aromatic nitrogens is 4. The summed E-state index contributed by atoms with van der Waals surface area (Å²) < 4.78 is 1.91. The zero-order chi connectivity index (χ0) is 13.8. The number of nitrogens with zero attached hydrogens (tertiary/aromatic N) is 3. The minimum Gasteiger partial charge on any atom is -0.317 e. The van der Waals surface area contributed by atoms with Crippen molar-refractivity contribution in [2.75, 3.05) is 0 Å². The molecule has 0 radical (unpaired) electrons. The van der Waals surface area contributed by atoms with Gasteiger partial charge in [-0.2, -0.15) is 0 Å². The Bertz CT molecular complexity index is 1130. The summed E-state index contributed by atoms with van der Waals surface area (Å²) in [5.74, 6) is 0. The SMILES string of the molecule is c1ccc2c(c1)ccc1nc3[nH]c4ccccc4c3n[n+]12. The molecule has 0 aliphatic heterocycles. The van der Waals surface area contributed by atoms with Gasteiger partial charge in [-0.05, 0) is 23.2 Å². The van der Waals surface area contributed by atoms with E-state index in [2.05, 4.69) is 29.2 Å². The van der Waals surface area contributed by atoms with Gasteiger partial charge in [0.05, 0.1) is 5.52 Å². The number of pyridine rings is 1. The Morgan fingerprint density at radius 1 is 0.857 bits per heavy atom. The van der Waals surface area contributed by atoms with Gasteiger partial charge in [0, 0.05) is 16.8 Å². The summed E-state index contributed by atoms with van der Waals surface area (Å²) in [5, 5.41) is 7.07. The van der Waals surface area contributed by atoms with Gasteiger partial charge in [-0.25, -0.2) is 0 Å². The summed E-state index contributed by atoms with van der Waals surface area (Å²) in [7, 11) is 0. The van der Waals surface area contributed by atoms with E-state index in [1.807, 2.05) is 40.9 Å². The van der Waals surface area contributed by atoms with Gasteiger partial charge in [-0.1, -0.05) is 46.0 Å². The highest BCUT2D eigenvalue weighted by atomic mass is 15.3. The van der Waals surface area contributed by atoms with Crippen LogP contribution in [0.15, 0.2) is 60.7 Å². The molecular weight excluding hydrogens is 260 g/mol. The summed E-state index contributed by atoms with van der Waals surface area (Å²) in [4.78, 5) is 8.04. The molecule has 2 aromatic carbocycles. The number of aromatic amines is 1. The summed E-state index contributed by atoms with van der Waals surface area (Å²) in [6.07, 6.45) is 0. The van der Waals surface area contributed by atoms with Gasteiger partial charge in [0.1, 0.15) is 0 Å². The van der Waals surface area contributed by atoms with E-state index in [0.29, 0.717) is 0 Å². The number of H-pyrrole nitrogens is 1. The first kappa shape index (κ1) is 10.7. The van der Waals surface area contributed by atoms with E-state index in [-0.39, 0.29) is 0 Å². The Kier molecular flexibility index (Phi) is 1.92. The van der Waals surface area contributed by atoms with Crippen molar-refractivity contribution in [3.63, 3.8) is 0 Å². The van der Waals surface area contributed by atoms with Crippen molar-refractivity contribution in [1.82, 2.24) is 15.1 Å². The van der Waals surface area contributed by atoms with Crippen LogP contribution in [-0.4, -0.2) is 15.1 Å². The number of benzene rings is 2. The lowest BCUT2D eigenvalue weighted by Crippen LogP contribution is -2.28. The van der Waals surface area contributed by atoms with Crippen LogP contribution in [0.25, 0.3) is 38.6 Å². The van der Waals surface area contributed by atoms with Crippen LogP contribution in [0, 0.1) is 0 Å². The second-order valence-electron chi connectivity index (χ2n) is 5.14. The maximum Gasteiger partial charge on any atom is 0.351 e. The molecule has 98 valence electrons. The molecule has 3 heterocycles. The fraction of sp³-hybridized carbons (Fsp3) is 0. The molecule has 0 saturated heterocycles. The fourth-order valence-corrected chi connectivity index (χ4v) is 2.88. The molecule has 0 amide bonds. The van der Waals surface area contributed by atoms with Crippen molar-refractivity contribution in [2.24, 2.45) is 0 Å². The molecule has 21 heavy (non-hydrogen) atoms. The molecule has 5 aromatic rings. The third kappa shape index (κ3) is 1.41. The monoisotopic (exact) mass is 271 g/mol. The first-order chi connectivity index (χ1) is 10.4. The molecule has 1 N–H and O–H groups in total. The Morgan fingerprint density at radius 3 is 2.71 bits per heavy atom. The summed E-state index contributed by atoms with van der Waals surface area (Å²) in [6.45, 7) is 0. The van der Waals surface area contributed by atoms with Crippen LogP contribution in [-0.2, 0) is 0 Å². The molecule has 0 saturated carbocycles. The lowest BCUT2D eigenvalue weighted by atomic mass is 10.2. The third-order valence-electron chi connectivity index (χ3n) is 3.88. The van der Waals surface area contributed by atoms with Gasteiger partial charge >= 0.3 is 5.65 Å². The number of nitrogens with one attached hydrogen (secondary N) is 1. The van der Waals surface area contributed by atoms with Gasteiger partial charge < -0.3 is 4.98 Å². The molecule has 0 spiro atoms. The predicted octanol–water partition coefficient (Wildman–Crippen LogP) is 3.00. The van der Waals surface area contributed by atoms with E-state index in [1.54, 1.807) is 0 Å². The van der Waals surface area contributed by atoms with Crippen LogP contribution in [0.2, 0.25) is 0 Å². The molecule has 0 fully saturated rings. The van der Waals surface area contributed by atoms with Crippen LogP contribution < -0.4 is 4.52 Å². The molecule has 3 aromatic heterocycles. The van der Waals surface area contributed by atoms with Crippen LogP contribution in [0.1, 0.15) is 0 Å². The largest absolute Gasteiger partial charge is 0.351 e. The van der Waals surface area contributed by atoms with Gasteiger partial charge in [0.25, 0.3) is 5.65 Å². The minimum absolute atomic E-state index is 0.825. The summed E-state index contributed by atoms with van der Waals surface area (Å²) in [6, 6.07) is 20.4.